The number of nitrogens with zero attached hydrogens (tertiary/aromatic N) is 2. The zero-order valence-electron chi connectivity index (χ0n) is 21.7. The predicted molar refractivity (Wildman–Crippen MR) is 144 cm³/mol. The molecule has 2 aliphatic heterocycles. The number of hydrogen-bond donors (Lipinski definition) is 1. The number of ketones is 1. The summed E-state index contributed by atoms with van der Waals surface area (Å²) < 4.78 is 11.8. The minimum atomic E-state index is -0.780. The van der Waals surface area contributed by atoms with Gasteiger partial charge in [-0.3, -0.25) is 14.6 Å². The zero-order chi connectivity index (χ0) is 26.6. The van der Waals surface area contributed by atoms with Gasteiger partial charge in [0, 0.05) is 30.9 Å². The molecule has 0 aliphatic carbocycles. The largest absolute Gasteiger partial charge is 0.507 e. The van der Waals surface area contributed by atoms with Gasteiger partial charge in [0.25, 0.3) is 11.7 Å². The molecule has 0 bridgehead atoms. The summed E-state index contributed by atoms with van der Waals surface area (Å²) in [5.41, 5.74) is 2.99. The van der Waals surface area contributed by atoms with E-state index < -0.39 is 17.7 Å². The maximum atomic E-state index is 13.4. The van der Waals surface area contributed by atoms with Crippen LogP contribution in [0.4, 0.5) is 0 Å². The number of amides is 1. The summed E-state index contributed by atoms with van der Waals surface area (Å²) in [4.78, 5) is 32.5. The normalized spacial score (nSPS) is 19.9. The Morgan fingerprint density at radius 2 is 2.00 bits per heavy atom. The first kappa shape index (κ1) is 25.5. The van der Waals surface area contributed by atoms with Crippen molar-refractivity contribution < 1.29 is 24.2 Å². The van der Waals surface area contributed by atoms with Crippen LogP contribution in [-0.4, -0.2) is 39.4 Å². The lowest BCUT2D eigenvalue weighted by Gasteiger charge is -2.25. The van der Waals surface area contributed by atoms with E-state index in [1.165, 1.54) is 4.90 Å². The summed E-state index contributed by atoms with van der Waals surface area (Å²) in [5.74, 6) is -0.132. The van der Waals surface area contributed by atoms with Crippen molar-refractivity contribution in [1.82, 2.24) is 9.88 Å². The van der Waals surface area contributed by atoms with Gasteiger partial charge in [-0.05, 0) is 66.4 Å². The third kappa shape index (κ3) is 5.14. The van der Waals surface area contributed by atoms with Gasteiger partial charge in [0.2, 0.25) is 0 Å². The number of carbonyl (C=O) groups is 2. The highest BCUT2D eigenvalue weighted by atomic mass is 16.5. The molecule has 1 aromatic heterocycles. The molecule has 3 heterocycles. The number of aromatic nitrogens is 1. The molecule has 7 nitrogen and oxygen atoms in total. The van der Waals surface area contributed by atoms with Gasteiger partial charge in [0.05, 0.1) is 18.2 Å². The molecule has 1 fully saturated rings. The van der Waals surface area contributed by atoms with Crippen LogP contribution in [0.15, 0.2) is 72.6 Å². The molecule has 2 atom stereocenters. The first-order valence-electron chi connectivity index (χ1n) is 13.2. The molecular formula is C31H32N2O5. The number of fused-ring (bicyclic) bond motifs is 1. The third-order valence-corrected chi connectivity index (χ3v) is 6.98. The van der Waals surface area contributed by atoms with Gasteiger partial charge in [-0.2, -0.15) is 0 Å². The van der Waals surface area contributed by atoms with Crippen LogP contribution < -0.4 is 9.47 Å². The second kappa shape index (κ2) is 11.1. The topological polar surface area (TPSA) is 89.0 Å². The molecule has 0 radical (unpaired) electrons. The van der Waals surface area contributed by atoms with Crippen LogP contribution in [0, 0.1) is 0 Å². The fourth-order valence-corrected chi connectivity index (χ4v) is 5.12. The molecule has 0 saturated carbocycles. The average Bonchev–Trinajstić information content (AvgIpc) is 3.42. The summed E-state index contributed by atoms with van der Waals surface area (Å²) in [6.07, 6.45) is 7.22. The first-order chi connectivity index (χ1) is 18.5. The van der Waals surface area contributed by atoms with Crippen LogP contribution >= 0.6 is 0 Å². The number of Topliss-reactive ketones (excluding diaryl/α,β-unsaturated/α-hetero) is 1. The van der Waals surface area contributed by atoms with Gasteiger partial charge in [-0.15, -0.1) is 0 Å². The molecule has 1 saturated heterocycles. The van der Waals surface area contributed by atoms with Crippen LogP contribution in [0.2, 0.25) is 0 Å². The molecule has 196 valence electrons. The van der Waals surface area contributed by atoms with Gasteiger partial charge in [-0.25, -0.2) is 0 Å². The molecule has 3 aromatic rings. The number of aliphatic hydroxyl groups excluding tert-OH is 1. The van der Waals surface area contributed by atoms with Gasteiger partial charge in [0.1, 0.15) is 23.4 Å². The van der Waals surface area contributed by atoms with Crippen molar-refractivity contribution in [3.63, 3.8) is 0 Å². The molecule has 38 heavy (non-hydrogen) atoms. The Hall–Kier alpha value is -4.13. The number of carbonyl (C=O) groups excluding carboxylic acids is 2. The van der Waals surface area contributed by atoms with Crippen LogP contribution in [-0.2, 0) is 22.6 Å². The Balaban J connectivity index is 1.56. The highest BCUT2D eigenvalue weighted by Crippen LogP contribution is 2.42. The van der Waals surface area contributed by atoms with E-state index in [9.17, 15) is 14.7 Å². The maximum absolute atomic E-state index is 13.4. The van der Waals surface area contributed by atoms with E-state index in [0.29, 0.717) is 29.9 Å². The number of pyridine rings is 1. The second-order valence-corrected chi connectivity index (χ2v) is 9.87. The van der Waals surface area contributed by atoms with Crippen molar-refractivity contribution in [3.8, 4) is 11.5 Å². The highest BCUT2D eigenvalue weighted by Gasteiger charge is 2.46. The Morgan fingerprint density at radius 3 is 2.79 bits per heavy atom. The molecule has 0 unspecified atom stereocenters. The van der Waals surface area contributed by atoms with E-state index >= 15 is 0 Å². The lowest BCUT2D eigenvalue weighted by atomic mass is 9.94. The number of rotatable bonds is 9. The third-order valence-electron chi connectivity index (χ3n) is 6.98. The highest BCUT2D eigenvalue weighted by molar-refractivity contribution is 6.46. The number of likely N-dealkylation sites (tertiary alicyclic amines) is 1. The Kier molecular flexibility index (Phi) is 7.45. The van der Waals surface area contributed by atoms with E-state index in [1.807, 2.05) is 43.3 Å². The Morgan fingerprint density at radius 1 is 1.13 bits per heavy atom. The van der Waals surface area contributed by atoms with E-state index in [1.54, 1.807) is 30.6 Å². The zero-order valence-corrected chi connectivity index (χ0v) is 21.7. The Labute approximate surface area is 222 Å². The molecule has 2 aromatic carbocycles. The van der Waals surface area contributed by atoms with E-state index in [0.717, 1.165) is 36.1 Å². The molecule has 1 N–H and O–H groups in total. The fraction of sp³-hybridized carbons (Fsp3) is 0.323. The number of benzene rings is 2. The minimum absolute atomic E-state index is 0.0486. The van der Waals surface area contributed by atoms with Crippen molar-refractivity contribution >= 4 is 17.4 Å². The molecular weight excluding hydrogens is 480 g/mol. The average molecular weight is 513 g/mol. The van der Waals surface area contributed by atoms with Crippen molar-refractivity contribution in [2.45, 2.75) is 58.2 Å². The molecule has 5 rings (SSSR count). The SMILES string of the molecule is CCCCCOc1cccc([C@H]2C(=C(O)c3ccc4c(c3)C[C@@H](C)O4)C(=O)C(=O)N2Cc2cccnc2)c1. The van der Waals surface area contributed by atoms with Crippen LogP contribution in [0.1, 0.15) is 61.4 Å². The van der Waals surface area contributed by atoms with Gasteiger partial charge in [0.15, 0.2) is 0 Å². The van der Waals surface area contributed by atoms with Crippen molar-refractivity contribution in [2.75, 3.05) is 6.61 Å². The van der Waals surface area contributed by atoms with E-state index in [2.05, 4.69) is 11.9 Å². The molecule has 0 spiro atoms. The van der Waals surface area contributed by atoms with Crippen molar-refractivity contribution in [2.24, 2.45) is 0 Å². The van der Waals surface area contributed by atoms with Gasteiger partial charge >= 0.3 is 0 Å². The van der Waals surface area contributed by atoms with Crippen LogP contribution in [0.5, 0.6) is 11.5 Å². The monoisotopic (exact) mass is 512 g/mol. The molecule has 7 heteroatoms. The van der Waals surface area contributed by atoms with Gasteiger partial charge in [-0.1, -0.05) is 38.0 Å². The predicted octanol–water partition coefficient (Wildman–Crippen LogP) is 5.60. The minimum Gasteiger partial charge on any atom is -0.507 e. The number of ether oxygens (including phenoxy) is 2. The quantitative estimate of drug-likeness (QED) is 0.174. The fourth-order valence-electron chi connectivity index (χ4n) is 5.12. The lowest BCUT2D eigenvalue weighted by Crippen LogP contribution is -2.29. The standard InChI is InChI=1S/C31H32N2O5/c1-3-4-5-14-37-25-10-6-9-22(17-25)28-27(29(34)23-11-12-26-24(16-23)15-20(2)38-26)30(35)31(36)33(28)19-21-8-7-13-32-18-21/h6-13,16-18,20,28,34H,3-5,14-15,19H2,1-2H3/t20-,28+/m1/s1. The molecule has 2 aliphatic rings. The summed E-state index contributed by atoms with van der Waals surface area (Å²) in [6.45, 7) is 4.89. The molecule has 1 amide bonds. The summed E-state index contributed by atoms with van der Waals surface area (Å²) in [5, 5.41) is 11.5. The van der Waals surface area contributed by atoms with Crippen molar-refractivity contribution in [3.05, 3.63) is 94.8 Å². The summed E-state index contributed by atoms with van der Waals surface area (Å²) in [7, 11) is 0. The Bertz CT molecular complexity index is 1370. The van der Waals surface area contributed by atoms with E-state index in [4.69, 9.17) is 9.47 Å². The smallest absolute Gasteiger partial charge is 0.295 e. The first-order valence-corrected chi connectivity index (χ1v) is 13.2. The number of hydrogen-bond acceptors (Lipinski definition) is 6. The number of unbranched alkanes of at least 4 members (excludes halogenated alkanes) is 2. The lowest BCUT2D eigenvalue weighted by molar-refractivity contribution is -0.140. The van der Waals surface area contributed by atoms with Crippen molar-refractivity contribution in [1.29, 1.82) is 0 Å². The van der Waals surface area contributed by atoms with E-state index in [-0.39, 0.29) is 24.0 Å². The van der Waals surface area contributed by atoms with Crippen LogP contribution in [0.25, 0.3) is 5.76 Å². The maximum Gasteiger partial charge on any atom is 0.295 e. The van der Waals surface area contributed by atoms with Crippen LogP contribution in [0.3, 0.4) is 0 Å². The summed E-state index contributed by atoms with van der Waals surface area (Å²) >= 11 is 0. The summed E-state index contributed by atoms with van der Waals surface area (Å²) in [6, 6.07) is 15.7. The number of aliphatic hydroxyl groups is 1. The van der Waals surface area contributed by atoms with Gasteiger partial charge < -0.3 is 19.5 Å². The second-order valence-electron chi connectivity index (χ2n) is 9.87.